The number of nitrogens with one attached hydrogen (secondary N) is 1. The van der Waals surface area contributed by atoms with Gasteiger partial charge in [-0.05, 0) is 40.5 Å². The summed E-state index contributed by atoms with van der Waals surface area (Å²) in [6.45, 7) is 7.69. The van der Waals surface area contributed by atoms with Gasteiger partial charge in [-0.15, -0.1) is 0 Å². The molecule has 2 amide bonds. The van der Waals surface area contributed by atoms with Crippen LogP contribution in [0.4, 0.5) is 4.79 Å². The Morgan fingerprint density at radius 3 is 2.48 bits per heavy atom. The lowest BCUT2D eigenvalue weighted by molar-refractivity contribution is 0.0332. The Bertz CT molecular complexity index is 326. The highest BCUT2D eigenvalue weighted by Crippen LogP contribution is 2.21. The largest absolute Gasteiger partial charge is 0.389 e. The van der Waals surface area contributed by atoms with Gasteiger partial charge in [0.15, 0.2) is 0 Å². The third-order valence-electron chi connectivity index (χ3n) is 4.01. The summed E-state index contributed by atoms with van der Waals surface area (Å²) in [5.41, 5.74) is -0.897. The maximum absolute atomic E-state index is 12.6. The first-order valence-electron chi connectivity index (χ1n) is 8.07. The Hall–Kier alpha value is -0.810. The van der Waals surface area contributed by atoms with Crippen molar-refractivity contribution in [3.05, 3.63) is 0 Å². The average Bonchev–Trinajstić information content (AvgIpc) is 2.59. The quantitative estimate of drug-likeness (QED) is 0.767. The molecule has 1 fully saturated rings. The molecule has 0 aromatic carbocycles. The van der Waals surface area contributed by atoms with Crippen molar-refractivity contribution >= 4 is 6.03 Å². The molecule has 5 heteroatoms. The summed E-state index contributed by atoms with van der Waals surface area (Å²) in [7, 11) is 1.71. The Balaban J connectivity index is 2.70. The van der Waals surface area contributed by atoms with E-state index < -0.39 is 5.60 Å². The van der Waals surface area contributed by atoms with Crippen molar-refractivity contribution in [2.24, 2.45) is 0 Å². The maximum Gasteiger partial charge on any atom is 0.318 e. The van der Waals surface area contributed by atoms with Gasteiger partial charge in [0.2, 0.25) is 0 Å². The Labute approximate surface area is 129 Å². The zero-order valence-electron chi connectivity index (χ0n) is 14.2. The van der Waals surface area contributed by atoms with Crippen LogP contribution in [0.1, 0.15) is 59.8 Å². The van der Waals surface area contributed by atoms with E-state index in [1.165, 1.54) is 6.42 Å². The highest BCUT2D eigenvalue weighted by Gasteiger charge is 2.29. The van der Waals surface area contributed by atoms with Crippen molar-refractivity contribution in [3.8, 4) is 0 Å². The molecule has 1 aliphatic carbocycles. The van der Waals surface area contributed by atoms with Gasteiger partial charge in [-0.25, -0.2) is 4.79 Å². The van der Waals surface area contributed by atoms with Gasteiger partial charge < -0.3 is 20.1 Å². The van der Waals surface area contributed by atoms with E-state index in [1.54, 1.807) is 25.9 Å². The number of methoxy groups -OCH3 is 1. The van der Waals surface area contributed by atoms with Crippen molar-refractivity contribution in [3.63, 3.8) is 0 Å². The second kappa shape index (κ2) is 7.99. The molecule has 2 atom stereocenters. The van der Waals surface area contributed by atoms with Crippen LogP contribution >= 0.6 is 0 Å². The average molecular weight is 300 g/mol. The normalized spacial score (nSPS) is 23.8. The molecule has 2 N–H and O–H groups in total. The SMILES string of the molecule is COC1CCCCCC1NC(=O)N(CC(C)(C)O)C(C)C. The lowest BCUT2D eigenvalue weighted by Gasteiger charge is -2.34. The summed E-state index contributed by atoms with van der Waals surface area (Å²) in [6, 6.07) is -0.00247. The van der Waals surface area contributed by atoms with Crippen LogP contribution in [0.25, 0.3) is 0 Å². The fraction of sp³-hybridized carbons (Fsp3) is 0.938. The standard InChI is InChI=1S/C16H32N2O3/c1-12(2)18(11-16(3,4)20)15(19)17-13-9-7-6-8-10-14(13)21-5/h12-14,20H,6-11H2,1-5H3,(H,17,19). The Morgan fingerprint density at radius 2 is 1.95 bits per heavy atom. The van der Waals surface area contributed by atoms with Crippen LogP contribution < -0.4 is 5.32 Å². The number of amides is 2. The second-order valence-electron chi connectivity index (χ2n) is 7.00. The van der Waals surface area contributed by atoms with Gasteiger partial charge in [-0.1, -0.05) is 19.3 Å². The number of aliphatic hydroxyl groups is 1. The molecule has 0 bridgehead atoms. The third kappa shape index (κ3) is 6.22. The predicted octanol–water partition coefficient (Wildman–Crippen LogP) is 2.53. The van der Waals surface area contributed by atoms with Crippen LogP contribution in [0.2, 0.25) is 0 Å². The molecule has 1 aliphatic rings. The molecule has 2 unspecified atom stereocenters. The Morgan fingerprint density at radius 1 is 1.33 bits per heavy atom. The van der Waals surface area contributed by atoms with Crippen molar-refractivity contribution < 1.29 is 14.6 Å². The molecule has 0 aliphatic heterocycles. The van der Waals surface area contributed by atoms with Gasteiger partial charge in [0.1, 0.15) is 0 Å². The molecule has 5 nitrogen and oxygen atoms in total. The predicted molar refractivity (Wildman–Crippen MR) is 84.3 cm³/mol. The first kappa shape index (κ1) is 18.2. The smallest absolute Gasteiger partial charge is 0.318 e. The molecular formula is C16H32N2O3. The van der Waals surface area contributed by atoms with Crippen LogP contribution in [0, 0.1) is 0 Å². The van der Waals surface area contributed by atoms with Gasteiger partial charge in [0.25, 0.3) is 0 Å². The lowest BCUT2D eigenvalue weighted by atomic mass is 10.1. The molecule has 0 spiro atoms. The van der Waals surface area contributed by atoms with Crippen molar-refractivity contribution in [1.82, 2.24) is 10.2 Å². The number of nitrogens with zero attached hydrogens (tertiary/aromatic N) is 1. The lowest BCUT2D eigenvalue weighted by Crippen LogP contribution is -2.54. The van der Waals surface area contributed by atoms with E-state index in [4.69, 9.17) is 4.74 Å². The van der Waals surface area contributed by atoms with E-state index in [2.05, 4.69) is 5.32 Å². The zero-order valence-corrected chi connectivity index (χ0v) is 14.2. The van der Waals surface area contributed by atoms with Gasteiger partial charge in [0.05, 0.1) is 24.3 Å². The zero-order chi connectivity index (χ0) is 16.0. The van der Waals surface area contributed by atoms with Gasteiger partial charge in [-0.3, -0.25) is 0 Å². The van der Waals surface area contributed by atoms with Gasteiger partial charge in [0, 0.05) is 13.2 Å². The molecule has 124 valence electrons. The molecular weight excluding hydrogens is 268 g/mol. The summed E-state index contributed by atoms with van der Waals surface area (Å²) in [4.78, 5) is 14.2. The van der Waals surface area contributed by atoms with E-state index >= 15 is 0 Å². The van der Waals surface area contributed by atoms with Crippen LogP contribution in [0.5, 0.6) is 0 Å². The second-order valence-corrected chi connectivity index (χ2v) is 7.00. The highest BCUT2D eigenvalue weighted by molar-refractivity contribution is 5.75. The molecule has 0 radical (unpaired) electrons. The third-order valence-corrected chi connectivity index (χ3v) is 4.01. The van der Waals surface area contributed by atoms with Crippen molar-refractivity contribution in [1.29, 1.82) is 0 Å². The summed E-state index contributed by atoms with van der Waals surface area (Å²) in [5.74, 6) is 0. The minimum absolute atomic E-state index is 0.0446. The minimum Gasteiger partial charge on any atom is -0.389 e. The number of hydrogen-bond donors (Lipinski definition) is 2. The minimum atomic E-state index is -0.897. The maximum atomic E-state index is 12.6. The summed E-state index contributed by atoms with van der Waals surface area (Å²) < 4.78 is 5.54. The van der Waals surface area contributed by atoms with Crippen LogP contribution in [-0.2, 0) is 4.74 Å². The van der Waals surface area contributed by atoms with Crippen molar-refractivity contribution in [2.75, 3.05) is 13.7 Å². The molecule has 1 saturated carbocycles. The van der Waals surface area contributed by atoms with E-state index in [1.807, 2.05) is 13.8 Å². The fourth-order valence-electron chi connectivity index (χ4n) is 2.87. The Kier molecular flexibility index (Phi) is 6.94. The van der Waals surface area contributed by atoms with E-state index in [0.717, 1.165) is 25.7 Å². The number of ether oxygens (including phenoxy) is 1. The van der Waals surface area contributed by atoms with Gasteiger partial charge in [-0.2, -0.15) is 0 Å². The van der Waals surface area contributed by atoms with Crippen LogP contribution in [0.3, 0.4) is 0 Å². The number of rotatable bonds is 5. The van der Waals surface area contributed by atoms with E-state index in [-0.39, 0.29) is 24.2 Å². The van der Waals surface area contributed by atoms with E-state index in [0.29, 0.717) is 6.54 Å². The van der Waals surface area contributed by atoms with Crippen molar-refractivity contribution in [2.45, 2.75) is 83.6 Å². The molecule has 0 aromatic heterocycles. The highest BCUT2D eigenvalue weighted by atomic mass is 16.5. The first-order chi connectivity index (χ1) is 9.74. The molecule has 1 rings (SSSR count). The number of carbonyl (C=O) groups excluding carboxylic acids is 1. The molecule has 0 aromatic rings. The number of carbonyl (C=O) groups is 1. The van der Waals surface area contributed by atoms with Crippen LogP contribution in [0.15, 0.2) is 0 Å². The first-order valence-corrected chi connectivity index (χ1v) is 8.07. The molecule has 0 saturated heterocycles. The monoisotopic (exact) mass is 300 g/mol. The topological polar surface area (TPSA) is 61.8 Å². The summed E-state index contributed by atoms with van der Waals surface area (Å²) >= 11 is 0. The number of hydrogen-bond acceptors (Lipinski definition) is 3. The fourth-order valence-corrected chi connectivity index (χ4v) is 2.87. The summed E-state index contributed by atoms with van der Waals surface area (Å²) in [5, 5.41) is 13.1. The molecule has 21 heavy (non-hydrogen) atoms. The van der Waals surface area contributed by atoms with Gasteiger partial charge >= 0.3 is 6.03 Å². The molecule has 0 heterocycles. The van der Waals surface area contributed by atoms with E-state index in [9.17, 15) is 9.90 Å². The summed E-state index contributed by atoms with van der Waals surface area (Å²) in [6.07, 6.45) is 5.52. The number of urea groups is 1. The van der Waals surface area contributed by atoms with Crippen LogP contribution in [-0.4, -0.2) is 53.5 Å².